The van der Waals surface area contributed by atoms with Crippen LogP contribution in [0.1, 0.15) is 51.1 Å². The van der Waals surface area contributed by atoms with Crippen LogP contribution in [0, 0.1) is 0 Å². The minimum atomic E-state index is -0.569. The molecule has 0 fully saturated rings. The molecule has 1 aromatic rings. The second-order valence-electron chi connectivity index (χ2n) is 4.90. The van der Waals surface area contributed by atoms with Crippen molar-refractivity contribution in [2.45, 2.75) is 51.6 Å². The normalized spacial score (nSPS) is 15.6. The van der Waals surface area contributed by atoms with E-state index >= 15 is 0 Å². The zero-order chi connectivity index (χ0) is 14.3. The van der Waals surface area contributed by atoms with Crippen molar-refractivity contribution >= 4 is 17.4 Å². The number of urea groups is 1. The van der Waals surface area contributed by atoms with Gasteiger partial charge in [0.25, 0.3) is 0 Å². The van der Waals surface area contributed by atoms with Gasteiger partial charge in [-0.3, -0.25) is 0 Å². The first-order chi connectivity index (χ1) is 9.04. The van der Waals surface area contributed by atoms with Crippen LogP contribution in [0.5, 0.6) is 0 Å². The predicted molar refractivity (Wildman–Crippen MR) is 77.2 cm³/mol. The van der Waals surface area contributed by atoms with E-state index in [1.807, 2.05) is 26.2 Å². The molecule has 6 heteroatoms. The fourth-order valence-corrected chi connectivity index (χ4v) is 2.72. The van der Waals surface area contributed by atoms with Gasteiger partial charge in [0.15, 0.2) is 0 Å². The molecule has 0 saturated carbocycles. The number of hydrogen-bond acceptors (Lipinski definition) is 4. The van der Waals surface area contributed by atoms with Crippen molar-refractivity contribution in [1.82, 2.24) is 15.6 Å². The SMILES string of the molecule is CCCC(C)(CO)NC(=O)NC(CC)c1nccs1. The van der Waals surface area contributed by atoms with E-state index in [0.29, 0.717) is 0 Å². The van der Waals surface area contributed by atoms with Crippen LogP contribution in [-0.4, -0.2) is 28.3 Å². The minimum Gasteiger partial charge on any atom is -0.394 e. The van der Waals surface area contributed by atoms with E-state index in [9.17, 15) is 9.90 Å². The third kappa shape index (κ3) is 4.80. The Hall–Kier alpha value is -1.14. The fourth-order valence-electron chi connectivity index (χ4n) is 1.95. The predicted octanol–water partition coefficient (Wildman–Crippen LogP) is 2.44. The van der Waals surface area contributed by atoms with Crippen LogP contribution in [0.3, 0.4) is 0 Å². The summed E-state index contributed by atoms with van der Waals surface area (Å²) in [6.45, 7) is 5.81. The lowest BCUT2D eigenvalue weighted by Gasteiger charge is -2.29. The molecule has 1 rings (SSSR count). The zero-order valence-corrected chi connectivity index (χ0v) is 12.6. The number of hydrogen-bond donors (Lipinski definition) is 3. The van der Waals surface area contributed by atoms with E-state index in [1.165, 1.54) is 11.3 Å². The Balaban J connectivity index is 2.58. The van der Waals surface area contributed by atoms with Gasteiger partial charge in [-0.2, -0.15) is 0 Å². The van der Waals surface area contributed by atoms with Crippen molar-refractivity contribution in [2.24, 2.45) is 0 Å². The Bertz CT molecular complexity index is 383. The Morgan fingerprint density at radius 3 is 2.79 bits per heavy atom. The van der Waals surface area contributed by atoms with Crippen molar-refractivity contribution in [3.63, 3.8) is 0 Å². The molecule has 0 saturated heterocycles. The third-order valence-electron chi connectivity index (χ3n) is 3.03. The van der Waals surface area contributed by atoms with E-state index in [1.54, 1.807) is 6.20 Å². The van der Waals surface area contributed by atoms with E-state index in [4.69, 9.17) is 0 Å². The molecule has 0 aliphatic carbocycles. The van der Waals surface area contributed by atoms with Gasteiger partial charge in [0.2, 0.25) is 0 Å². The molecule has 1 aromatic heterocycles. The molecule has 0 aliphatic rings. The molecule has 3 N–H and O–H groups in total. The molecule has 0 aromatic carbocycles. The Labute approximate surface area is 118 Å². The molecular weight excluding hydrogens is 262 g/mol. The van der Waals surface area contributed by atoms with Gasteiger partial charge >= 0.3 is 6.03 Å². The fraction of sp³-hybridized carbons (Fsp3) is 0.692. The monoisotopic (exact) mass is 285 g/mol. The number of nitrogens with one attached hydrogen (secondary N) is 2. The van der Waals surface area contributed by atoms with Gasteiger partial charge in [-0.1, -0.05) is 20.3 Å². The number of aromatic nitrogens is 1. The van der Waals surface area contributed by atoms with Gasteiger partial charge < -0.3 is 15.7 Å². The van der Waals surface area contributed by atoms with Crippen LogP contribution in [0.4, 0.5) is 4.79 Å². The van der Waals surface area contributed by atoms with Gasteiger partial charge in [-0.05, 0) is 19.8 Å². The summed E-state index contributed by atoms with van der Waals surface area (Å²) in [6, 6.07) is -0.336. The van der Waals surface area contributed by atoms with Crippen molar-refractivity contribution in [3.8, 4) is 0 Å². The highest BCUT2D eigenvalue weighted by Crippen LogP contribution is 2.19. The minimum absolute atomic E-state index is 0.0672. The number of carbonyl (C=O) groups excluding carboxylic acids is 1. The highest BCUT2D eigenvalue weighted by atomic mass is 32.1. The summed E-state index contributed by atoms with van der Waals surface area (Å²) in [5.74, 6) is 0. The molecule has 2 unspecified atom stereocenters. The Morgan fingerprint density at radius 1 is 1.58 bits per heavy atom. The molecule has 0 radical (unpaired) electrons. The average Bonchev–Trinajstić information content (AvgIpc) is 2.90. The van der Waals surface area contributed by atoms with E-state index in [0.717, 1.165) is 24.3 Å². The lowest BCUT2D eigenvalue weighted by Crippen LogP contribution is -2.53. The highest BCUT2D eigenvalue weighted by molar-refractivity contribution is 7.09. The summed E-state index contributed by atoms with van der Waals surface area (Å²) in [4.78, 5) is 16.2. The lowest BCUT2D eigenvalue weighted by molar-refractivity contribution is 0.162. The van der Waals surface area contributed by atoms with Gasteiger partial charge in [-0.15, -0.1) is 11.3 Å². The molecule has 2 atom stereocenters. The number of nitrogens with zero attached hydrogens (tertiary/aromatic N) is 1. The number of aliphatic hydroxyl groups excluding tert-OH is 1. The van der Waals surface area contributed by atoms with Crippen LogP contribution >= 0.6 is 11.3 Å². The quantitative estimate of drug-likeness (QED) is 0.720. The van der Waals surface area contributed by atoms with E-state index in [2.05, 4.69) is 15.6 Å². The Kier molecular flexibility index (Phi) is 6.24. The number of amides is 2. The summed E-state index contributed by atoms with van der Waals surface area (Å²) in [6.07, 6.45) is 4.16. The summed E-state index contributed by atoms with van der Waals surface area (Å²) < 4.78 is 0. The van der Waals surface area contributed by atoms with Crippen LogP contribution in [0.15, 0.2) is 11.6 Å². The van der Waals surface area contributed by atoms with Gasteiger partial charge in [-0.25, -0.2) is 9.78 Å². The smallest absolute Gasteiger partial charge is 0.315 e. The molecular formula is C13H23N3O2S. The second-order valence-corrected chi connectivity index (χ2v) is 5.82. The van der Waals surface area contributed by atoms with Crippen LogP contribution < -0.4 is 10.6 Å². The van der Waals surface area contributed by atoms with Crippen LogP contribution in [0.25, 0.3) is 0 Å². The van der Waals surface area contributed by atoms with Crippen LogP contribution in [-0.2, 0) is 0 Å². The summed E-state index contributed by atoms with van der Waals surface area (Å²) in [5.41, 5.74) is -0.569. The highest BCUT2D eigenvalue weighted by Gasteiger charge is 2.25. The van der Waals surface area contributed by atoms with Gasteiger partial charge in [0.1, 0.15) is 5.01 Å². The van der Waals surface area contributed by atoms with Crippen molar-refractivity contribution in [3.05, 3.63) is 16.6 Å². The van der Waals surface area contributed by atoms with Gasteiger partial charge in [0, 0.05) is 11.6 Å². The first-order valence-corrected chi connectivity index (χ1v) is 7.51. The summed E-state index contributed by atoms with van der Waals surface area (Å²) in [5, 5.41) is 17.9. The van der Waals surface area contributed by atoms with Crippen molar-refractivity contribution in [2.75, 3.05) is 6.61 Å². The number of thiazole rings is 1. The summed E-state index contributed by atoms with van der Waals surface area (Å²) in [7, 11) is 0. The zero-order valence-electron chi connectivity index (χ0n) is 11.8. The first kappa shape index (κ1) is 15.9. The van der Waals surface area contributed by atoms with Crippen molar-refractivity contribution in [1.29, 1.82) is 0 Å². The number of aliphatic hydroxyl groups is 1. The molecule has 2 amide bonds. The Morgan fingerprint density at radius 2 is 2.32 bits per heavy atom. The van der Waals surface area contributed by atoms with E-state index < -0.39 is 5.54 Å². The standard InChI is InChI=1S/C13H23N3O2S/c1-4-6-13(3,9-17)16-12(18)15-10(5-2)11-14-7-8-19-11/h7-8,10,17H,4-6,9H2,1-3H3,(H2,15,16,18). The maximum Gasteiger partial charge on any atom is 0.315 e. The lowest BCUT2D eigenvalue weighted by atomic mass is 9.97. The molecule has 1 heterocycles. The molecule has 0 bridgehead atoms. The number of carbonyl (C=O) groups is 1. The topological polar surface area (TPSA) is 74.2 Å². The van der Waals surface area contributed by atoms with Crippen LogP contribution in [0.2, 0.25) is 0 Å². The molecule has 19 heavy (non-hydrogen) atoms. The largest absolute Gasteiger partial charge is 0.394 e. The van der Waals surface area contributed by atoms with Crippen molar-refractivity contribution < 1.29 is 9.90 Å². The third-order valence-corrected chi connectivity index (χ3v) is 3.92. The number of rotatable bonds is 7. The summed E-state index contributed by atoms with van der Waals surface area (Å²) >= 11 is 1.53. The molecule has 0 aliphatic heterocycles. The molecule has 108 valence electrons. The van der Waals surface area contributed by atoms with Gasteiger partial charge in [0.05, 0.1) is 18.2 Å². The molecule has 5 nitrogen and oxygen atoms in total. The maximum absolute atomic E-state index is 12.0. The van der Waals surface area contributed by atoms with E-state index in [-0.39, 0.29) is 18.7 Å². The first-order valence-electron chi connectivity index (χ1n) is 6.63. The second kappa shape index (κ2) is 7.45. The molecule has 0 spiro atoms. The maximum atomic E-state index is 12.0. The average molecular weight is 285 g/mol.